The number of hydrogen-bond acceptors (Lipinski definition) is 4. The van der Waals surface area contributed by atoms with Crippen molar-refractivity contribution in [1.82, 2.24) is 14.7 Å². The monoisotopic (exact) mass is 441 g/mol. The van der Waals surface area contributed by atoms with Crippen LogP contribution in [-0.2, 0) is 20.9 Å². The number of nitrogens with zero attached hydrogens (tertiary/aromatic N) is 3. The van der Waals surface area contributed by atoms with Gasteiger partial charge in [-0.05, 0) is 56.7 Å². The molecule has 4 rings (SSSR count). The number of carbonyl (C=O) groups excluding carboxylic acids is 2. The molecule has 32 heavy (non-hydrogen) atoms. The minimum absolute atomic E-state index is 0.0974. The Morgan fingerprint density at radius 3 is 2.75 bits per heavy atom. The van der Waals surface area contributed by atoms with Crippen molar-refractivity contribution in [3.8, 4) is 0 Å². The molecule has 0 saturated carbocycles. The maximum Gasteiger partial charge on any atom is 0.228 e. The number of ether oxygens (including phenoxy) is 1. The van der Waals surface area contributed by atoms with Crippen molar-refractivity contribution in [2.75, 3.05) is 46.4 Å². The Morgan fingerprint density at radius 2 is 1.94 bits per heavy atom. The van der Waals surface area contributed by atoms with Crippen molar-refractivity contribution in [3.63, 3.8) is 0 Å². The van der Waals surface area contributed by atoms with Gasteiger partial charge >= 0.3 is 0 Å². The summed E-state index contributed by atoms with van der Waals surface area (Å²) in [7, 11) is 1.71. The second-order valence-electron chi connectivity index (χ2n) is 9.79. The maximum atomic E-state index is 13.6. The third-order valence-electron chi connectivity index (χ3n) is 7.55. The summed E-state index contributed by atoms with van der Waals surface area (Å²) in [5.74, 6) is 0.589. The van der Waals surface area contributed by atoms with Gasteiger partial charge in [-0.3, -0.25) is 9.59 Å². The van der Waals surface area contributed by atoms with Gasteiger partial charge in [0.25, 0.3) is 0 Å². The maximum absolute atomic E-state index is 13.6. The standard InChI is InChI=1S/C26H39N3O3/c1-32-16-8-15-28(19-22-11-7-14-27-13-6-5-12-24(22)27)26(31)23-17-25(30)29(20-23)18-21-9-3-2-4-10-21/h2-4,9-10,22-24H,5-8,11-20H2,1H3/t22-,23-,24-/m0/s1. The first-order chi connectivity index (χ1) is 15.7. The van der Waals surface area contributed by atoms with Gasteiger partial charge in [0.15, 0.2) is 0 Å². The van der Waals surface area contributed by atoms with Crippen molar-refractivity contribution in [2.45, 2.75) is 57.5 Å². The van der Waals surface area contributed by atoms with E-state index in [4.69, 9.17) is 4.74 Å². The lowest BCUT2D eigenvalue weighted by Crippen LogP contribution is -2.52. The van der Waals surface area contributed by atoms with Gasteiger partial charge in [-0.1, -0.05) is 36.8 Å². The van der Waals surface area contributed by atoms with Crippen LogP contribution in [0.25, 0.3) is 0 Å². The molecule has 1 aromatic carbocycles. The highest BCUT2D eigenvalue weighted by molar-refractivity contribution is 5.89. The Balaban J connectivity index is 1.40. The molecule has 3 aliphatic rings. The highest BCUT2D eigenvalue weighted by Crippen LogP contribution is 2.32. The summed E-state index contributed by atoms with van der Waals surface area (Å²) in [5, 5.41) is 0. The van der Waals surface area contributed by atoms with Gasteiger partial charge in [-0.15, -0.1) is 0 Å². The van der Waals surface area contributed by atoms with Crippen molar-refractivity contribution < 1.29 is 14.3 Å². The number of fused-ring (bicyclic) bond motifs is 1. The lowest BCUT2D eigenvalue weighted by Gasteiger charge is -2.46. The second-order valence-corrected chi connectivity index (χ2v) is 9.79. The number of benzene rings is 1. The highest BCUT2D eigenvalue weighted by Gasteiger charge is 2.39. The average Bonchev–Trinajstić information content (AvgIpc) is 3.19. The van der Waals surface area contributed by atoms with Crippen molar-refractivity contribution in [1.29, 1.82) is 0 Å². The normalized spacial score (nSPS) is 26.2. The number of rotatable bonds is 9. The molecule has 176 valence electrons. The van der Waals surface area contributed by atoms with Crippen LogP contribution < -0.4 is 0 Å². The average molecular weight is 442 g/mol. The van der Waals surface area contributed by atoms with Crippen molar-refractivity contribution in [3.05, 3.63) is 35.9 Å². The fourth-order valence-electron chi connectivity index (χ4n) is 5.92. The number of methoxy groups -OCH3 is 1. The van der Waals surface area contributed by atoms with Crippen molar-refractivity contribution >= 4 is 11.8 Å². The molecule has 0 N–H and O–H groups in total. The molecule has 6 nitrogen and oxygen atoms in total. The van der Waals surface area contributed by atoms with Crippen LogP contribution in [0, 0.1) is 11.8 Å². The van der Waals surface area contributed by atoms with Gasteiger partial charge in [0.05, 0.1) is 5.92 Å². The fourth-order valence-corrected chi connectivity index (χ4v) is 5.92. The second kappa shape index (κ2) is 11.3. The fraction of sp³-hybridized carbons (Fsp3) is 0.692. The van der Waals surface area contributed by atoms with Crippen LogP contribution in [0.15, 0.2) is 30.3 Å². The van der Waals surface area contributed by atoms with Gasteiger partial charge in [-0.2, -0.15) is 0 Å². The minimum Gasteiger partial charge on any atom is -0.385 e. The van der Waals surface area contributed by atoms with E-state index in [-0.39, 0.29) is 17.7 Å². The smallest absolute Gasteiger partial charge is 0.228 e. The molecule has 0 bridgehead atoms. The molecule has 0 spiro atoms. The molecule has 3 fully saturated rings. The lowest BCUT2D eigenvalue weighted by molar-refractivity contribution is -0.137. The molecule has 0 aliphatic carbocycles. The number of amides is 2. The summed E-state index contributed by atoms with van der Waals surface area (Å²) in [5.41, 5.74) is 1.12. The zero-order valence-electron chi connectivity index (χ0n) is 19.6. The van der Waals surface area contributed by atoms with E-state index in [1.54, 1.807) is 7.11 Å². The number of carbonyl (C=O) groups is 2. The summed E-state index contributed by atoms with van der Waals surface area (Å²) < 4.78 is 5.27. The molecule has 1 aromatic rings. The van der Waals surface area contributed by atoms with E-state index in [0.29, 0.717) is 38.1 Å². The topological polar surface area (TPSA) is 53.1 Å². The van der Waals surface area contributed by atoms with Gasteiger partial charge in [0.2, 0.25) is 11.8 Å². The first-order valence-corrected chi connectivity index (χ1v) is 12.5. The number of likely N-dealkylation sites (tertiary alicyclic amines) is 1. The van der Waals surface area contributed by atoms with E-state index in [9.17, 15) is 9.59 Å². The first-order valence-electron chi connectivity index (χ1n) is 12.5. The molecule has 6 heteroatoms. The molecule has 3 aliphatic heterocycles. The Kier molecular flexibility index (Phi) is 8.20. The Labute approximate surface area is 192 Å². The van der Waals surface area contributed by atoms with E-state index >= 15 is 0 Å². The van der Waals surface area contributed by atoms with Crippen LogP contribution in [0.1, 0.15) is 50.5 Å². The molecular weight excluding hydrogens is 402 g/mol. The summed E-state index contributed by atoms with van der Waals surface area (Å²) in [6.07, 6.45) is 7.50. The Bertz CT molecular complexity index is 754. The zero-order chi connectivity index (χ0) is 22.3. The molecule has 3 saturated heterocycles. The third-order valence-corrected chi connectivity index (χ3v) is 7.55. The zero-order valence-corrected chi connectivity index (χ0v) is 19.6. The third kappa shape index (κ3) is 5.70. The lowest BCUT2D eigenvalue weighted by atomic mass is 9.83. The van der Waals surface area contributed by atoms with Crippen LogP contribution in [0.5, 0.6) is 0 Å². The summed E-state index contributed by atoms with van der Waals surface area (Å²) >= 11 is 0. The molecule has 2 amide bonds. The molecular formula is C26H39N3O3. The molecule has 0 aromatic heterocycles. The van der Waals surface area contributed by atoms with E-state index in [1.807, 2.05) is 35.2 Å². The first kappa shape index (κ1) is 23.2. The predicted molar refractivity (Wildman–Crippen MR) is 125 cm³/mol. The SMILES string of the molecule is COCCCN(C[C@@H]1CCCN2CCCC[C@@H]12)C(=O)[C@H]1CC(=O)N(Cc2ccccc2)C1. The van der Waals surface area contributed by atoms with E-state index in [0.717, 1.165) is 25.1 Å². The van der Waals surface area contributed by atoms with Gasteiger partial charge in [0, 0.05) is 52.4 Å². The van der Waals surface area contributed by atoms with Crippen LogP contribution in [-0.4, -0.2) is 79.0 Å². The van der Waals surface area contributed by atoms with Gasteiger partial charge < -0.3 is 19.4 Å². The molecule has 0 radical (unpaired) electrons. The molecule has 3 atom stereocenters. The number of piperidine rings is 2. The minimum atomic E-state index is -0.222. The quantitative estimate of drug-likeness (QED) is 0.553. The van der Waals surface area contributed by atoms with Crippen LogP contribution in [0.3, 0.4) is 0 Å². The number of hydrogen-bond donors (Lipinski definition) is 0. The summed E-state index contributed by atoms with van der Waals surface area (Å²) in [6, 6.07) is 10.7. The van der Waals surface area contributed by atoms with Crippen LogP contribution in [0.4, 0.5) is 0 Å². The highest BCUT2D eigenvalue weighted by atomic mass is 16.5. The Hall–Kier alpha value is -1.92. The van der Waals surface area contributed by atoms with E-state index in [2.05, 4.69) is 9.80 Å². The molecule has 0 unspecified atom stereocenters. The largest absolute Gasteiger partial charge is 0.385 e. The predicted octanol–water partition coefficient (Wildman–Crippen LogP) is 3.16. The van der Waals surface area contributed by atoms with E-state index in [1.165, 1.54) is 45.2 Å². The van der Waals surface area contributed by atoms with Crippen molar-refractivity contribution in [2.24, 2.45) is 11.8 Å². The van der Waals surface area contributed by atoms with E-state index < -0.39 is 0 Å². The Morgan fingerprint density at radius 1 is 1.12 bits per heavy atom. The van der Waals surface area contributed by atoms with Crippen LogP contribution in [0.2, 0.25) is 0 Å². The van der Waals surface area contributed by atoms with Gasteiger partial charge in [0.1, 0.15) is 0 Å². The summed E-state index contributed by atoms with van der Waals surface area (Å²) in [6.45, 7) is 5.76. The molecule has 3 heterocycles. The summed E-state index contributed by atoms with van der Waals surface area (Å²) in [4.78, 5) is 32.9. The van der Waals surface area contributed by atoms with Gasteiger partial charge in [-0.25, -0.2) is 0 Å². The van der Waals surface area contributed by atoms with Crippen LogP contribution >= 0.6 is 0 Å².